The average molecular weight is 532 g/mol. The van der Waals surface area contributed by atoms with Crippen LogP contribution in [0.2, 0.25) is 5.02 Å². The number of likely N-dealkylation sites (tertiary alicyclic amines) is 1. The molecule has 1 aliphatic heterocycles. The number of benzene rings is 1. The number of rotatable bonds is 8. The molecule has 11 heteroatoms. The molecule has 196 valence electrons. The number of amides is 1. The van der Waals surface area contributed by atoms with Crippen molar-refractivity contribution >= 4 is 34.9 Å². The number of aliphatic carboxylic acids is 1. The van der Waals surface area contributed by atoms with Crippen LogP contribution in [-0.2, 0) is 4.79 Å². The second-order valence-corrected chi connectivity index (χ2v) is 10.5. The molecule has 0 spiro atoms. The first kappa shape index (κ1) is 25.4. The van der Waals surface area contributed by atoms with Gasteiger partial charge in [-0.25, -0.2) is 13.8 Å². The molecule has 5 rings (SSSR count). The van der Waals surface area contributed by atoms with Gasteiger partial charge in [-0.2, -0.15) is 9.61 Å². The van der Waals surface area contributed by atoms with Gasteiger partial charge in [0.05, 0.1) is 5.69 Å². The first-order valence-electron chi connectivity index (χ1n) is 12.4. The molecule has 3 atom stereocenters. The van der Waals surface area contributed by atoms with Gasteiger partial charge < -0.3 is 14.9 Å². The molecular weight excluding hydrogens is 504 g/mol. The van der Waals surface area contributed by atoms with Crippen LogP contribution in [0.3, 0.4) is 0 Å². The quantitative estimate of drug-likeness (QED) is 0.422. The third kappa shape index (κ3) is 4.63. The van der Waals surface area contributed by atoms with Crippen molar-refractivity contribution in [3.05, 3.63) is 46.6 Å². The molecule has 0 radical (unpaired) electrons. The molecule has 37 heavy (non-hydrogen) atoms. The topological polar surface area (TPSA) is 91.0 Å². The molecule has 8 nitrogen and oxygen atoms in total. The Morgan fingerprint density at radius 2 is 1.81 bits per heavy atom. The summed E-state index contributed by atoms with van der Waals surface area (Å²) in [6.45, 7) is 7.83. The maximum atomic E-state index is 14.3. The van der Waals surface area contributed by atoms with Crippen LogP contribution in [0, 0.1) is 29.4 Å². The van der Waals surface area contributed by atoms with Crippen molar-refractivity contribution in [1.82, 2.24) is 19.5 Å². The van der Waals surface area contributed by atoms with Crippen molar-refractivity contribution < 1.29 is 23.5 Å². The number of anilines is 1. The Hall–Kier alpha value is -3.27. The van der Waals surface area contributed by atoms with Gasteiger partial charge in [0.25, 0.3) is 5.91 Å². The molecule has 2 aromatic heterocycles. The van der Waals surface area contributed by atoms with Crippen LogP contribution in [0.4, 0.5) is 14.6 Å². The molecule has 0 unspecified atom stereocenters. The van der Waals surface area contributed by atoms with Crippen LogP contribution < -0.4 is 4.90 Å². The van der Waals surface area contributed by atoms with Crippen molar-refractivity contribution in [2.24, 2.45) is 17.8 Å². The number of nitrogens with zero attached hydrogens (tertiary/aromatic N) is 5. The molecule has 1 aliphatic carbocycles. The minimum atomic E-state index is -0.882. The van der Waals surface area contributed by atoms with E-state index in [2.05, 4.69) is 15.0 Å². The number of piperidine rings is 1. The van der Waals surface area contributed by atoms with E-state index in [9.17, 15) is 18.4 Å². The van der Waals surface area contributed by atoms with Gasteiger partial charge in [-0.05, 0) is 50.2 Å². The molecule has 0 bridgehead atoms. The minimum absolute atomic E-state index is 0.0808. The molecule has 1 aromatic carbocycles. The highest BCUT2D eigenvalue weighted by atomic mass is 35.5. The Balaban J connectivity index is 1.52. The maximum absolute atomic E-state index is 14.3. The predicted molar refractivity (Wildman–Crippen MR) is 135 cm³/mol. The van der Waals surface area contributed by atoms with Gasteiger partial charge in [-0.3, -0.25) is 9.59 Å². The zero-order valence-corrected chi connectivity index (χ0v) is 21.5. The van der Waals surface area contributed by atoms with Gasteiger partial charge in [-0.1, -0.05) is 18.5 Å². The van der Waals surface area contributed by atoms with Crippen LogP contribution in [0.1, 0.15) is 44.1 Å². The lowest BCUT2D eigenvalue weighted by molar-refractivity contribution is -0.137. The zero-order valence-electron chi connectivity index (χ0n) is 20.8. The van der Waals surface area contributed by atoms with Gasteiger partial charge in [-0.15, -0.1) is 0 Å². The molecule has 1 N–H and O–H groups in total. The fraction of sp³-hybridized carbons (Fsp3) is 0.462. The Kier molecular flexibility index (Phi) is 6.55. The van der Waals surface area contributed by atoms with Crippen LogP contribution in [0.25, 0.3) is 16.9 Å². The molecule has 1 saturated carbocycles. The second-order valence-electron chi connectivity index (χ2n) is 10.1. The summed E-state index contributed by atoms with van der Waals surface area (Å²) in [7, 11) is 0. The van der Waals surface area contributed by atoms with Crippen molar-refractivity contribution in [2.45, 2.75) is 39.7 Å². The number of hydrogen-bond donors (Lipinski definition) is 1. The Morgan fingerprint density at radius 1 is 1.16 bits per heavy atom. The lowest BCUT2D eigenvalue weighted by atomic mass is 10.1. The van der Waals surface area contributed by atoms with Crippen LogP contribution in [-0.4, -0.2) is 62.2 Å². The van der Waals surface area contributed by atoms with Crippen molar-refractivity contribution in [3.8, 4) is 11.3 Å². The standard InChI is InChI=1S/C26H28ClF2N5O3/c1-4-5-33(13(2)3)23-10-20(14-6-18(28)25(27)19(29)7-14)30-22-9-21(31-34(22)23)26(37)32-11-16-15(8-24(35)36)17(16)12-32/h6-7,9-10,13,15-17H,4-5,8,11-12H2,1-3H3,(H,35,36)/t15-,16-,17+. The van der Waals surface area contributed by atoms with Crippen molar-refractivity contribution in [1.29, 1.82) is 0 Å². The van der Waals surface area contributed by atoms with E-state index in [0.29, 0.717) is 36.8 Å². The van der Waals surface area contributed by atoms with E-state index in [-0.39, 0.29) is 47.4 Å². The number of carbonyl (C=O) groups excluding carboxylic acids is 1. The highest BCUT2D eigenvalue weighted by Crippen LogP contribution is 2.53. The molecule has 2 fully saturated rings. The molecule has 2 aliphatic rings. The summed E-state index contributed by atoms with van der Waals surface area (Å²) in [6.07, 6.45) is 0.985. The van der Waals surface area contributed by atoms with E-state index in [4.69, 9.17) is 16.7 Å². The van der Waals surface area contributed by atoms with Gasteiger partial charge in [0.1, 0.15) is 22.5 Å². The number of halogens is 3. The van der Waals surface area contributed by atoms with E-state index < -0.39 is 22.6 Å². The summed E-state index contributed by atoms with van der Waals surface area (Å²) in [5.41, 5.74) is 1.15. The highest BCUT2D eigenvalue weighted by molar-refractivity contribution is 6.31. The largest absolute Gasteiger partial charge is 0.481 e. The average Bonchev–Trinajstić information content (AvgIpc) is 3.20. The number of aromatic nitrogens is 3. The predicted octanol–water partition coefficient (Wildman–Crippen LogP) is 4.75. The fourth-order valence-corrected chi connectivity index (χ4v) is 5.59. The second kappa shape index (κ2) is 9.55. The Labute approximate surface area is 217 Å². The summed E-state index contributed by atoms with van der Waals surface area (Å²) in [4.78, 5) is 32.7. The normalized spacial score (nSPS) is 20.5. The Bertz CT molecular complexity index is 1360. The number of carboxylic acids is 1. The van der Waals surface area contributed by atoms with Gasteiger partial charge in [0.15, 0.2) is 11.3 Å². The first-order valence-corrected chi connectivity index (χ1v) is 12.8. The molecular formula is C26H28ClF2N5O3. The fourth-order valence-electron chi connectivity index (χ4n) is 5.48. The molecule has 3 heterocycles. The smallest absolute Gasteiger partial charge is 0.303 e. The van der Waals surface area contributed by atoms with Crippen molar-refractivity contribution in [3.63, 3.8) is 0 Å². The Morgan fingerprint density at radius 3 is 2.38 bits per heavy atom. The zero-order chi connectivity index (χ0) is 26.6. The molecule has 1 saturated heterocycles. The first-order chi connectivity index (χ1) is 17.6. The van der Waals surface area contributed by atoms with Gasteiger partial charge >= 0.3 is 5.97 Å². The summed E-state index contributed by atoms with van der Waals surface area (Å²) < 4.78 is 30.1. The lowest BCUT2D eigenvalue weighted by Crippen LogP contribution is -2.34. The molecule has 3 aromatic rings. The SMILES string of the molecule is CCCN(c1cc(-c2cc(F)c(Cl)c(F)c2)nc2cc(C(=O)N3C[C@@H]4[C@@H](CC(=O)O)[C@@H]4C3)nn12)C(C)C. The number of carbonyl (C=O) groups is 2. The van der Waals surface area contributed by atoms with Crippen molar-refractivity contribution in [2.75, 3.05) is 24.5 Å². The number of carboxylic acid groups (broad SMARTS) is 1. The lowest BCUT2D eigenvalue weighted by Gasteiger charge is -2.29. The van der Waals surface area contributed by atoms with E-state index in [1.807, 2.05) is 20.8 Å². The van der Waals surface area contributed by atoms with E-state index in [1.165, 1.54) is 0 Å². The van der Waals surface area contributed by atoms with E-state index >= 15 is 0 Å². The third-order valence-corrected chi connectivity index (χ3v) is 7.72. The highest BCUT2D eigenvalue weighted by Gasteiger charge is 2.57. The number of fused-ring (bicyclic) bond motifs is 2. The van der Waals surface area contributed by atoms with E-state index in [1.54, 1.807) is 21.5 Å². The van der Waals surface area contributed by atoms with Gasteiger partial charge in [0, 0.05) is 49.8 Å². The maximum Gasteiger partial charge on any atom is 0.303 e. The molecule has 1 amide bonds. The summed E-state index contributed by atoms with van der Waals surface area (Å²) in [6, 6.07) is 5.66. The number of hydrogen-bond acceptors (Lipinski definition) is 5. The summed E-state index contributed by atoms with van der Waals surface area (Å²) in [5.74, 6) is -1.60. The third-order valence-electron chi connectivity index (χ3n) is 7.36. The van der Waals surface area contributed by atoms with Crippen LogP contribution in [0.5, 0.6) is 0 Å². The monoisotopic (exact) mass is 531 g/mol. The van der Waals surface area contributed by atoms with Gasteiger partial charge in [0.2, 0.25) is 0 Å². The summed E-state index contributed by atoms with van der Waals surface area (Å²) in [5, 5.41) is 13.1. The van der Waals surface area contributed by atoms with Crippen LogP contribution in [0.15, 0.2) is 24.3 Å². The minimum Gasteiger partial charge on any atom is -0.481 e. The summed E-state index contributed by atoms with van der Waals surface area (Å²) >= 11 is 5.68. The van der Waals surface area contributed by atoms with E-state index in [0.717, 1.165) is 18.6 Å². The van der Waals surface area contributed by atoms with Crippen LogP contribution >= 0.6 is 11.6 Å².